The van der Waals surface area contributed by atoms with Gasteiger partial charge in [-0.1, -0.05) is 18.2 Å². The average Bonchev–Trinajstić information content (AvgIpc) is 2.60. The summed E-state index contributed by atoms with van der Waals surface area (Å²) in [6.07, 6.45) is 0.592. The number of ether oxygens (including phenoxy) is 1. The summed E-state index contributed by atoms with van der Waals surface area (Å²) in [7, 11) is 1.63. The molecule has 1 atom stereocenters. The first kappa shape index (κ1) is 10.2. The normalized spacial score (nSPS) is 25.6. The SMILES string of the molecule is COc1ccccc1C1(C)NCCC1=O. The van der Waals surface area contributed by atoms with Crippen LogP contribution in [0.5, 0.6) is 5.75 Å². The van der Waals surface area contributed by atoms with E-state index in [4.69, 9.17) is 4.74 Å². The Kier molecular flexibility index (Phi) is 2.49. The maximum atomic E-state index is 11.8. The van der Waals surface area contributed by atoms with E-state index in [1.54, 1.807) is 7.11 Å². The van der Waals surface area contributed by atoms with Crippen LogP contribution >= 0.6 is 0 Å². The lowest BCUT2D eigenvalue weighted by molar-refractivity contribution is -0.122. The van der Waals surface area contributed by atoms with Gasteiger partial charge in [0.2, 0.25) is 0 Å². The minimum absolute atomic E-state index is 0.229. The van der Waals surface area contributed by atoms with Crippen LogP contribution in [0.25, 0.3) is 0 Å². The van der Waals surface area contributed by atoms with Crippen molar-refractivity contribution in [2.45, 2.75) is 18.9 Å². The topological polar surface area (TPSA) is 38.3 Å². The molecule has 80 valence electrons. The second-order valence-electron chi connectivity index (χ2n) is 3.93. The van der Waals surface area contributed by atoms with Gasteiger partial charge in [-0.2, -0.15) is 0 Å². The zero-order chi connectivity index (χ0) is 10.9. The van der Waals surface area contributed by atoms with E-state index in [1.807, 2.05) is 31.2 Å². The van der Waals surface area contributed by atoms with E-state index in [9.17, 15) is 4.79 Å². The molecule has 2 rings (SSSR count). The molecule has 1 N–H and O–H groups in total. The highest BCUT2D eigenvalue weighted by molar-refractivity contribution is 5.92. The summed E-state index contributed by atoms with van der Waals surface area (Å²) in [4.78, 5) is 11.8. The van der Waals surface area contributed by atoms with Crippen molar-refractivity contribution in [2.24, 2.45) is 0 Å². The van der Waals surface area contributed by atoms with E-state index >= 15 is 0 Å². The third kappa shape index (κ3) is 1.53. The lowest BCUT2D eigenvalue weighted by Gasteiger charge is -2.25. The molecule has 0 amide bonds. The van der Waals surface area contributed by atoms with Crippen molar-refractivity contribution in [3.05, 3.63) is 29.8 Å². The first-order valence-corrected chi connectivity index (χ1v) is 5.10. The molecule has 1 unspecified atom stereocenters. The van der Waals surface area contributed by atoms with E-state index in [-0.39, 0.29) is 5.78 Å². The number of methoxy groups -OCH3 is 1. The molecule has 0 radical (unpaired) electrons. The van der Waals surface area contributed by atoms with Gasteiger partial charge < -0.3 is 10.1 Å². The molecule has 0 aromatic heterocycles. The highest BCUT2D eigenvalue weighted by Crippen LogP contribution is 2.33. The molecule has 1 aliphatic heterocycles. The zero-order valence-electron chi connectivity index (χ0n) is 9.04. The molecule has 1 heterocycles. The molecule has 1 saturated heterocycles. The summed E-state index contributed by atoms with van der Waals surface area (Å²) >= 11 is 0. The molecule has 15 heavy (non-hydrogen) atoms. The van der Waals surface area contributed by atoms with Crippen LogP contribution in [0, 0.1) is 0 Å². The average molecular weight is 205 g/mol. The third-order valence-electron chi connectivity index (χ3n) is 3.03. The van der Waals surface area contributed by atoms with Crippen molar-refractivity contribution in [2.75, 3.05) is 13.7 Å². The summed E-state index contributed by atoms with van der Waals surface area (Å²) in [5.74, 6) is 0.995. The van der Waals surface area contributed by atoms with Crippen LogP contribution in [0.3, 0.4) is 0 Å². The Labute approximate surface area is 89.4 Å². The smallest absolute Gasteiger partial charge is 0.158 e. The van der Waals surface area contributed by atoms with E-state index in [2.05, 4.69) is 5.32 Å². The largest absolute Gasteiger partial charge is 0.496 e. The van der Waals surface area contributed by atoms with Gasteiger partial charge in [0.1, 0.15) is 11.3 Å². The fourth-order valence-electron chi connectivity index (χ4n) is 2.08. The molecule has 0 aliphatic carbocycles. The minimum atomic E-state index is -0.577. The zero-order valence-corrected chi connectivity index (χ0v) is 9.04. The Morgan fingerprint density at radius 1 is 1.40 bits per heavy atom. The van der Waals surface area contributed by atoms with E-state index < -0.39 is 5.54 Å². The Bertz CT molecular complexity index is 389. The van der Waals surface area contributed by atoms with Gasteiger partial charge >= 0.3 is 0 Å². The van der Waals surface area contributed by atoms with Gasteiger partial charge in [0.25, 0.3) is 0 Å². The number of Topliss-reactive ketones (excluding diaryl/α,β-unsaturated/α-hetero) is 1. The van der Waals surface area contributed by atoms with Crippen LogP contribution in [0.1, 0.15) is 18.9 Å². The number of para-hydroxylation sites is 1. The molecular weight excluding hydrogens is 190 g/mol. The van der Waals surface area contributed by atoms with Crippen LogP contribution in [-0.2, 0) is 10.3 Å². The van der Waals surface area contributed by atoms with Crippen molar-refractivity contribution in [3.63, 3.8) is 0 Å². The Balaban J connectivity index is 2.48. The van der Waals surface area contributed by atoms with Gasteiger partial charge in [-0.25, -0.2) is 0 Å². The Morgan fingerprint density at radius 2 is 2.13 bits per heavy atom. The molecule has 1 aromatic carbocycles. The minimum Gasteiger partial charge on any atom is -0.496 e. The van der Waals surface area contributed by atoms with Gasteiger partial charge in [-0.3, -0.25) is 4.79 Å². The van der Waals surface area contributed by atoms with Crippen LogP contribution in [-0.4, -0.2) is 19.4 Å². The van der Waals surface area contributed by atoms with Crippen molar-refractivity contribution in [1.82, 2.24) is 5.32 Å². The highest BCUT2D eigenvalue weighted by atomic mass is 16.5. The number of ketones is 1. The molecule has 1 aliphatic rings. The van der Waals surface area contributed by atoms with Crippen molar-refractivity contribution >= 4 is 5.78 Å². The molecule has 0 bridgehead atoms. The van der Waals surface area contributed by atoms with Crippen LogP contribution in [0.4, 0.5) is 0 Å². The second-order valence-corrected chi connectivity index (χ2v) is 3.93. The number of hydrogen-bond acceptors (Lipinski definition) is 3. The number of benzene rings is 1. The molecule has 1 aromatic rings. The van der Waals surface area contributed by atoms with Crippen LogP contribution < -0.4 is 10.1 Å². The number of nitrogens with one attached hydrogen (secondary N) is 1. The second kappa shape index (κ2) is 3.66. The predicted molar refractivity (Wildman–Crippen MR) is 58.0 cm³/mol. The van der Waals surface area contributed by atoms with Gasteiger partial charge in [-0.15, -0.1) is 0 Å². The first-order chi connectivity index (χ1) is 7.18. The monoisotopic (exact) mass is 205 g/mol. The standard InChI is InChI=1S/C12H15NO2/c1-12(11(14)7-8-13-12)9-5-3-4-6-10(9)15-2/h3-6,13H,7-8H2,1-2H3. The van der Waals surface area contributed by atoms with Crippen molar-refractivity contribution in [1.29, 1.82) is 0 Å². The number of rotatable bonds is 2. The summed E-state index contributed by atoms with van der Waals surface area (Å²) in [6, 6.07) is 7.66. The maximum Gasteiger partial charge on any atom is 0.158 e. The maximum absolute atomic E-state index is 11.8. The van der Waals surface area contributed by atoms with E-state index in [1.165, 1.54) is 0 Å². The summed E-state index contributed by atoms with van der Waals surface area (Å²) in [6.45, 7) is 2.66. The fraction of sp³-hybridized carbons (Fsp3) is 0.417. The number of hydrogen-bond donors (Lipinski definition) is 1. The molecule has 3 heteroatoms. The Hall–Kier alpha value is -1.35. The molecule has 1 fully saturated rings. The lowest BCUT2D eigenvalue weighted by Crippen LogP contribution is -2.39. The quantitative estimate of drug-likeness (QED) is 0.794. The van der Waals surface area contributed by atoms with Crippen molar-refractivity contribution in [3.8, 4) is 5.75 Å². The first-order valence-electron chi connectivity index (χ1n) is 5.10. The van der Waals surface area contributed by atoms with Gasteiger partial charge in [0.15, 0.2) is 5.78 Å². The molecular formula is C12H15NO2. The highest BCUT2D eigenvalue weighted by Gasteiger charge is 2.40. The molecule has 0 saturated carbocycles. The van der Waals surface area contributed by atoms with Gasteiger partial charge in [0.05, 0.1) is 7.11 Å². The Morgan fingerprint density at radius 3 is 2.73 bits per heavy atom. The van der Waals surface area contributed by atoms with Gasteiger partial charge in [0, 0.05) is 18.5 Å². The van der Waals surface area contributed by atoms with E-state index in [0.29, 0.717) is 6.42 Å². The van der Waals surface area contributed by atoms with E-state index in [0.717, 1.165) is 17.9 Å². The molecule has 3 nitrogen and oxygen atoms in total. The molecule has 0 spiro atoms. The van der Waals surface area contributed by atoms with Gasteiger partial charge in [-0.05, 0) is 13.0 Å². The summed E-state index contributed by atoms with van der Waals surface area (Å²) < 4.78 is 5.28. The fourth-order valence-corrected chi connectivity index (χ4v) is 2.08. The number of carbonyl (C=O) groups excluding carboxylic acids is 1. The van der Waals surface area contributed by atoms with Crippen LogP contribution in [0.15, 0.2) is 24.3 Å². The third-order valence-corrected chi connectivity index (χ3v) is 3.03. The number of carbonyl (C=O) groups is 1. The van der Waals surface area contributed by atoms with Crippen molar-refractivity contribution < 1.29 is 9.53 Å². The van der Waals surface area contributed by atoms with Crippen LogP contribution in [0.2, 0.25) is 0 Å². The summed E-state index contributed by atoms with van der Waals surface area (Å²) in [5, 5.41) is 3.24. The predicted octanol–water partition coefficient (Wildman–Crippen LogP) is 1.47. The lowest BCUT2D eigenvalue weighted by atomic mass is 9.89. The summed E-state index contributed by atoms with van der Waals surface area (Å²) in [5.41, 5.74) is 0.349.